The van der Waals surface area contributed by atoms with E-state index in [4.69, 9.17) is 0 Å². The molecule has 1 fully saturated rings. The Morgan fingerprint density at radius 1 is 1.35 bits per heavy atom. The van der Waals surface area contributed by atoms with E-state index in [2.05, 4.69) is 35.5 Å². The predicted molar refractivity (Wildman–Crippen MR) is 69.9 cm³/mol. The maximum atomic E-state index is 4.36. The molecule has 1 unspecified atom stereocenters. The van der Waals surface area contributed by atoms with Crippen molar-refractivity contribution in [3.05, 3.63) is 30.0 Å². The van der Waals surface area contributed by atoms with E-state index in [0.29, 0.717) is 6.04 Å². The van der Waals surface area contributed by atoms with Gasteiger partial charge in [0, 0.05) is 18.5 Å². The van der Waals surface area contributed by atoms with Crippen LogP contribution in [0.2, 0.25) is 0 Å². The summed E-state index contributed by atoms with van der Waals surface area (Å²) in [6.07, 6.45) is 4.54. The minimum Gasteiger partial charge on any atom is -0.310 e. The van der Waals surface area contributed by atoms with Crippen LogP contribution in [-0.2, 0) is 7.05 Å². The van der Waals surface area contributed by atoms with Crippen molar-refractivity contribution in [3.8, 4) is 0 Å². The van der Waals surface area contributed by atoms with Gasteiger partial charge in [-0.25, -0.2) is 0 Å². The van der Waals surface area contributed by atoms with Crippen LogP contribution in [0.15, 0.2) is 24.4 Å². The van der Waals surface area contributed by atoms with Crippen molar-refractivity contribution in [3.63, 3.8) is 0 Å². The third-order valence-corrected chi connectivity index (χ3v) is 3.86. The Morgan fingerprint density at radius 3 is 3.00 bits per heavy atom. The molecule has 0 aliphatic carbocycles. The molecule has 3 nitrogen and oxygen atoms in total. The van der Waals surface area contributed by atoms with Crippen molar-refractivity contribution in [2.45, 2.75) is 25.8 Å². The number of rotatable bonds is 1. The van der Waals surface area contributed by atoms with Gasteiger partial charge in [-0.15, -0.1) is 0 Å². The van der Waals surface area contributed by atoms with Gasteiger partial charge in [-0.2, -0.15) is 5.10 Å². The van der Waals surface area contributed by atoms with Gasteiger partial charge in [-0.3, -0.25) is 4.68 Å². The SMILES string of the molecule is C[C@H]1CCC(c2cccc3c2cnn3C)NC1. The van der Waals surface area contributed by atoms with Gasteiger partial charge in [0.2, 0.25) is 0 Å². The molecule has 1 aliphatic heterocycles. The van der Waals surface area contributed by atoms with Gasteiger partial charge in [-0.05, 0) is 36.9 Å². The molecule has 1 aromatic carbocycles. The molecule has 0 amide bonds. The van der Waals surface area contributed by atoms with Gasteiger partial charge in [0.05, 0.1) is 11.7 Å². The Bertz CT molecular complexity index is 521. The Labute approximate surface area is 102 Å². The Balaban J connectivity index is 2.00. The summed E-state index contributed by atoms with van der Waals surface area (Å²) in [5.74, 6) is 0.805. The molecule has 0 radical (unpaired) electrons. The van der Waals surface area contributed by atoms with Gasteiger partial charge >= 0.3 is 0 Å². The average Bonchev–Trinajstić information content (AvgIpc) is 2.73. The third kappa shape index (κ3) is 1.84. The van der Waals surface area contributed by atoms with E-state index in [0.717, 1.165) is 12.5 Å². The van der Waals surface area contributed by atoms with Crippen LogP contribution in [0.1, 0.15) is 31.4 Å². The molecule has 0 saturated carbocycles. The fraction of sp³-hybridized carbons (Fsp3) is 0.500. The first-order valence-electron chi connectivity index (χ1n) is 6.39. The van der Waals surface area contributed by atoms with Gasteiger partial charge < -0.3 is 5.32 Å². The van der Waals surface area contributed by atoms with Crippen molar-refractivity contribution >= 4 is 10.9 Å². The second-order valence-electron chi connectivity index (χ2n) is 5.19. The highest BCUT2D eigenvalue weighted by atomic mass is 15.2. The summed E-state index contributed by atoms with van der Waals surface area (Å²) in [7, 11) is 2.00. The molecule has 2 atom stereocenters. The van der Waals surface area contributed by atoms with Crippen molar-refractivity contribution < 1.29 is 0 Å². The molecule has 1 N–H and O–H groups in total. The zero-order valence-corrected chi connectivity index (χ0v) is 10.5. The summed E-state index contributed by atoms with van der Waals surface area (Å²) in [6.45, 7) is 3.44. The first-order valence-corrected chi connectivity index (χ1v) is 6.39. The number of hydrogen-bond acceptors (Lipinski definition) is 2. The predicted octanol–water partition coefficient (Wildman–Crippen LogP) is 2.63. The topological polar surface area (TPSA) is 29.9 Å². The van der Waals surface area contributed by atoms with Gasteiger partial charge in [0.1, 0.15) is 0 Å². The lowest BCUT2D eigenvalue weighted by Gasteiger charge is -2.28. The molecule has 2 heterocycles. The molecule has 2 aromatic rings. The molecule has 1 aliphatic rings. The second kappa shape index (κ2) is 4.15. The fourth-order valence-corrected chi connectivity index (χ4v) is 2.77. The van der Waals surface area contributed by atoms with E-state index in [-0.39, 0.29) is 0 Å². The molecule has 3 heteroatoms. The minimum absolute atomic E-state index is 0.499. The molecule has 0 spiro atoms. The summed E-state index contributed by atoms with van der Waals surface area (Å²) in [4.78, 5) is 0. The lowest BCUT2D eigenvalue weighted by Crippen LogP contribution is -2.31. The zero-order chi connectivity index (χ0) is 11.8. The number of aryl methyl sites for hydroxylation is 1. The van der Waals surface area contributed by atoms with Gasteiger partial charge in [0.25, 0.3) is 0 Å². The number of nitrogens with zero attached hydrogens (tertiary/aromatic N) is 2. The number of nitrogens with one attached hydrogen (secondary N) is 1. The number of benzene rings is 1. The van der Waals surface area contributed by atoms with Crippen molar-refractivity contribution in [2.24, 2.45) is 13.0 Å². The maximum absolute atomic E-state index is 4.36. The van der Waals surface area contributed by atoms with E-state index >= 15 is 0 Å². The van der Waals surface area contributed by atoms with Crippen LogP contribution < -0.4 is 5.32 Å². The Kier molecular flexibility index (Phi) is 2.63. The van der Waals surface area contributed by atoms with Gasteiger partial charge in [0.15, 0.2) is 0 Å². The Hall–Kier alpha value is -1.35. The van der Waals surface area contributed by atoms with E-state index in [1.165, 1.54) is 29.3 Å². The number of hydrogen-bond donors (Lipinski definition) is 1. The summed E-state index contributed by atoms with van der Waals surface area (Å²) in [5, 5.41) is 9.30. The quantitative estimate of drug-likeness (QED) is 0.814. The van der Waals surface area contributed by atoms with Crippen molar-refractivity contribution in [2.75, 3.05) is 6.54 Å². The summed E-state index contributed by atoms with van der Waals surface area (Å²) in [5.41, 5.74) is 2.63. The highest BCUT2D eigenvalue weighted by Crippen LogP contribution is 2.30. The van der Waals surface area contributed by atoms with E-state index in [9.17, 15) is 0 Å². The van der Waals surface area contributed by atoms with Gasteiger partial charge in [-0.1, -0.05) is 19.1 Å². The lowest BCUT2D eigenvalue weighted by atomic mass is 9.91. The molecule has 1 saturated heterocycles. The average molecular weight is 229 g/mol. The highest BCUT2D eigenvalue weighted by molar-refractivity contribution is 5.82. The van der Waals surface area contributed by atoms with Crippen LogP contribution in [0.4, 0.5) is 0 Å². The van der Waals surface area contributed by atoms with Crippen LogP contribution in [0.5, 0.6) is 0 Å². The van der Waals surface area contributed by atoms with Crippen LogP contribution in [-0.4, -0.2) is 16.3 Å². The first kappa shape index (κ1) is 10.8. The molecule has 90 valence electrons. The molecule has 17 heavy (non-hydrogen) atoms. The largest absolute Gasteiger partial charge is 0.310 e. The molecular formula is C14H19N3. The lowest BCUT2D eigenvalue weighted by molar-refractivity contribution is 0.334. The first-order chi connectivity index (χ1) is 8.25. The molecule has 1 aromatic heterocycles. The van der Waals surface area contributed by atoms with Crippen LogP contribution in [0.3, 0.4) is 0 Å². The number of fused-ring (bicyclic) bond motifs is 1. The molecular weight excluding hydrogens is 210 g/mol. The van der Waals surface area contributed by atoms with E-state index in [1.54, 1.807) is 0 Å². The summed E-state index contributed by atoms with van der Waals surface area (Å²) in [6, 6.07) is 7.01. The van der Waals surface area contributed by atoms with Crippen LogP contribution >= 0.6 is 0 Å². The van der Waals surface area contributed by atoms with Crippen molar-refractivity contribution in [1.29, 1.82) is 0 Å². The maximum Gasteiger partial charge on any atom is 0.0682 e. The zero-order valence-electron chi connectivity index (χ0n) is 10.5. The number of aromatic nitrogens is 2. The standard InChI is InChI=1S/C14H19N3/c1-10-6-7-13(15-8-10)11-4-3-5-14-12(11)9-16-17(14)2/h3-5,9-10,13,15H,6-8H2,1-2H3/t10-,13?/m0/s1. The third-order valence-electron chi connectivity index (χ3n) is 3.86. The normalized spacial score (nSPS) is 25.3. The fourth-order valence-electron chi connectivity index (χ4n) is 2.77. The molecule has 3 rings (SSSR count). The number of piperidine rings is 1. The smallest absolute Gasteiger partial charge is 0.0682 e. The second-order valence-corrected chi connectivity index (χ2v) is 5.19. The monoisotopic (exact) mass is 229 g/mol. The van der Waals surface area contributed by atoms with E-state index < -0.39 is 0 Å². The Morgan fingerprint density at radius 2 is 2.24 bits per heavy atom. The molecule has 0 bridgehead atoms. The van der Waals surface area contributed by atoms with Crippen LogP contribution in [0.25, 0.3) is 10.9 Å². The highest BCUT2D eigenvalue weighted by Gasteiger charge is 2.20. The summed E-state index contributed by atoms with van der Waals surface area (Å²) >= 11 is 0. The summed E-state index contributed by atoms with van der Waals surface area (Å²) < 4.78 is 1.95. The van der Waals surface area contributed by atoms with Crippen molar-refractivity contribution in [1.82, 2.24) is 15.1 Å². The minimum atomic E-state index is 0.499. The van der Waals surface area contributed by atoms with Crippen LogP contribution in [0, 0.1) is 5.92 Å². The van der Waals surface area contributed by atoms with E-state index in [1.807, 2.05) is 17.9 Å².